The molecule has 1 aliphatic rings. The quantitative estimate of drug-likeness (QED) is 0.902. The lowest BCUT2D eigenvalue weighted by Gasteiger charge is -2.35. The largest absolute Gasteiger partial charge is 0.376 e. The first-order valence-corrected chi connectivity index (χ1v) is 7.89. The van der Waals surface area contributed by atoms with Crippen molar-refractivity contribution in [3.05, 3.63) is 28.2 Å². The van der Waals surface area contributed by atoms with Crippen molar-refractivity contribution in [1.29, 1.82) is 0 Å². The van der Waals surface area contributed by atoms with Gasteiger partial charge in [-0.15, -0.1) is 0 Å². The van der Waals surface area contributed by atoms with E-state index in [1.165, 1.54) is 24.1 Å². The van der Waals surface area contributed by atoms with Crippen LogP contribution < -0.4 is 10.6 Å². The molecule has 0 amide bonds. The molecule has 0 bridgehead atoms. The zero-order chi connectivity index (χ0) is 13.7. The Bertz CT molecular complexity index is 411. The number of anilines is 1. The van der Waals surface area contributed by atoms with E-state index in [0.717, 1.165) is 30.6 Å². The number of rotatable bonds is 5. The minimum Gasteiger partial charge on any atom is -0.376 e. The molecule has 0 saturated carbocycles. The van der Waals surface area contributed by atoms with E-state index in [4.69, 9.17) is 10.5 Å². The van der Waals surface area contributed by atoms with E-state index in [0.29, 0.717) is 12.6 Å². The third-order valence-corrected chi connectivity index (χ3v) is 4.32. The van der Waals surface area contributed by atoms with Gasteiger partial charge in [0.2, 0.25) is 0 Å². The standard InChI is InChI=1S/C15H23BrN2O/c1-2-9-19-12-5-4-8-18(11-12)15-7-3-6-14(16)13(15)10-17/h3,6-7,12H,2,4-5,8-11,17H2,1H3. The Balaban J connectivity index is 2.10. The molecule has 1 aromatic rings. The summed E-state index contributed by atoms with van der Waals surface area (Å²) in [5.74, 6) is 0. The average molecular weight is 327 g/mol. The summed E-state index contributed by atoms with van der Waals surface area (Å²) in [7, 11) is 0. The van der Waals surface area contributed by atoms with Crippen molar-refractivity contribution in [2.75, 3.05) is 24.6 Å². The number of hydrogen-bond donors (Lipinski definition) is 1. The monoisotopic (exact) mass is 326 g/mol. The van der Waals surface area contributed by atoms with E-state index in [2.05, 4.69) is 46.0 Å². The molecule has 1 atom stereocenters. The van der Waals surface area contributed by atoms with Gasteiger partial charge in [0.15, 0.2) is 0 Å². The number of halogens is 1. The van der Waals surface area contributed by atoms with E-state index < -0.39 is 0 Å². The maximum Gasteiger partial charge on any atom is 0.0750 e. The zero-order valence-electron chi connectivity index (χ0n) is 11.6. The average Bonchev–Trinajstić information content (AvgIpc) is 2.45. The van der Waals surface area contributed by atoms with Crippen molar-refractivity contribution in [2.45, 2.75) is 38.8 Å². The maximum absolute atomic E-state index is 5.90. The second-order valence-corrected chi connectivity index (χ2v) is 5.88. The molecule has 0 spiro atoms. The molecule has 1 heterocycles. The number of benzene rings is 1. The molecule has 0 aromatic heterocycles. The van der Waals surface area contributed by atoms with Crippen molar-refractivity contribution in [1.82, 2.24) is 0 Å². The molecule has 1 aliphatic heterocycles. The summed E-state index contributed by atoms with van der Waals surface area (Å²) in [5.41, 5.74) is 8.33. The number of hydrogen-bond acceptors (Lipinski definition) is 3. The Kier molecular flexibility index (Phi) is 5.67. The summed E-state index contributed by atoms with van der Waals surface area (Å²) in [5, 5.41) is 0. The molecule has 1 aromatic carbocycles. The molecule has 0 radical (unpaired) electrons. The Morgan fingerprint density at radius 2 is 2.32 bits per heavy atom. The molecule has 3 nitrogen and oxygen atoms in total. The Hall–Kier alpha value is -0.580. The van der Waals surface area contributed by atoms with Crippen LogP contribution in [0.2, 0.25) is 0 Å². The van der Waals surface area contributed by atoms with Gasteiger partial charge in [0.25, 0.3) is 0 Å². The Labute approximate surface area is 124 Å². The van der Waals surface area contributed by atoms with Gasteiger partial charge in [-0.25, -0.2) is 0 Å². The predicted octanol–water partition coefficient (Wildman–Crippen LogP) is 3.30. The van der Waals surface area contributed by atoms with E-state index in [-0.39, 0.29) is 0 Å². The van der Waals surface area contributed by atoms with Crippen molar-refractivity contribution < 1.29 is 4.74 Å². The molecule has 1 fully saturated rings. The molecule has 1 unspecified atom stereocenters. The summed E-state index contributed by atoms with van der Waals surface area (Å²) < 4.78 is 7.00. The van der Waals surface area contributed by atoms with Crippen molar-refractivity contribution in [3.63, 3.8) is 0 Å². The van der Waals surface area contributed by atoms with Crippen LogP contribution in [0.1, 0.15) is 31.7 Å². The van der Waals surface area contributed by atoms with Crippen LogP contribution in [0, 0.1) is 0 Å². The van der Waals surface area contributed by atoms with Gasteiger partial charge < -0.3 is 15.4 Å². The number of ether oxygens (including phenoxy) is 1. The normalized spacial score (nSPS) is 19.7. The van der Waals surface area contributed by atoms with Crippen molar-refractivity contribution in [3.8, 4) is 0 Å². The minimum atomic E-state index is 0.360. The van der Waals surface area contributed by atoms with Gasteiger partial charge >= 0.3 is 0 Å². The maximum atomic E-state index is 5.90. The molecule has 1 saturated heterocycles. The highest BCUT2D eigenvalue weighted by Crippen LogP contribution is 2.30. The van der Waals surface area contributed by atoms with Crippen LogP contribution in [0.5, 0.6) is 0 Å². The summed E-state index contributed by atoms with van der Waals surface area (Å²) in [4.78, 5) is 2.41. The fourth-order valence-corrected chi connectivity index (χ4v) is 3.14. The van der Waals surface area contributed by atoms with Crippen LogP contribution in [-0.4, -0.2) is 25.8 Å². The van der Waals surface area contributed by atoms with Crippen LogP contribution in [0.25, 0.3) is 0 Å². The zero-order valence-corrected chi connectivity index (χ0v) is 13.2. The van der Waals surface area contributed by atoms with Gasteiger partial charge in [0, 0.05) is 42.0 Å². The second kappa shape index (κ2) is 7.27. The minimum absolute atomic E-state index is 0.360. The first-order chi connectivity index (χ1) is 9.26. The van der Waals surface area contributed by atoms with Crippen LogP contribution in [0.3, 0.4) is 0 Å². The molecular weight excluding hydrogens is 304 g/mol. The summed E-state index contributed by atoms with van der Waals surface area (Å²) >= 11 is 3.59. The molecular formula is C15H23BrN2O. The van der Waals surface area contributed by atoms with Gasteiger partial charge in [-0.05, 0) is 31.4 Å². The first-order valence-electron chi connectivity index (χ1n) is 7.10. The fourth-order valence-electron chi connectivity index (χ4n) is 2.62. The van der Waals surface area contributed by atoms with Crippen LogP contribution in [-0.2, 0) is 11.3 Å². The second-order valence-electron chi connectivity index (χ2n) is 5.02. The van der Waals surface area contributed by atoms with E-state index in [1.807, 2.05) is 0 Å². The van der Waals surface area contributed by atoms with Gasteiger partial charge in [0.05, 0.1) is 6.10 Å². The van der Waals surface area contributed by atoms with E-state index in [1.54, 1.807) is 0 Å². The predicted molar refractivity (Wildman–Crippen MR) is 83.5 cm³/mol. The fraction of sp³-hybridized carbons (Fsp3) is 0.600. The highest BCUT2D eigenvalue weighted by atomic mass is 79.9. The summed E-state index contributed by atoms with van der Waals surface area (Å²) in [6.45, 7) is 5.65. The number of nitrogens with zero attached hydrogens (tertiary/aromatic N) is 1. The van der Waals surface area contributed by atoms with Crippen LogP contribution in [0.15, 0.2) is 22.7 Å². The van der Waals surface area contributed by atoms with E-state index >= 15 is 0 Å². The van der Waals surface area contributed by atoms with Gasteiger partial charge in [-0.2, -0.15) is 0 Å². The molecule has 2 rings (SSSR count). The topological polar surface area (TPSA) is 38.5 Å². The smallest absolute Gasteiger partial charge is 0.0750 e. The lowest BCUT2D eigenvalue weighted by Crippen LogP contribution is -2.40. The highest BCUT2D eigenvalue weighted by Gasteiger charge is 2.22. The Morgan fingerprint density at radius 1 is 1.47 bits per heavy atom. The summed E-state index contributed by atoms with van der Waals surface area (Å²) in [6.07, 6.45) is 3.80. The highest BCUT2D eigenvalue weighted by molar-refractivity contribution is 9.10. The molecule has 4 heteroatoms. The van der Waals surface area contributed by atoms with Gasteiger partial charge in [0.1, 0.15) is 0 Å². The van der Waals surface area contributed by atoms with E-state index in [9.17, 15) is 0 Å². The molecule has 19 heavy (non-hydrogen) atoms. The lowest BCUT2D eigenvalue weighted by atomic mass is 10.0. The molecule has 106 valence electrons. The van der Waals surface area contributed by atoms with Crippen molar-refractivity contribution in [2.24, 2.45) is 5.73 Å². The number of piperidine rings is 1. The molecule has 2 N–H and O–H groups in total. The van der Waals surface area contributed by atoms with Crippen molar-refractivity contribution >= 4 is 21.6 Å². The SMILES string of the molecule is CCCOC1CCCN(c2cccc(Br)c2CN)C1. The van der Waals surface area contributed by atoms with Crippen LogP contribution in [0.4, 0.5) is 5.69 Å². The third kappa shape index (κ3) is 3.71. The summed E-state index contributed by atoms with van der Waals surface area (Å²) in [6, 6.07) is 6.30. The molecule has 0 aliphatic carbocycles. The van der Waals surface area contributed by atoms with Gasteiger partial charge in [-0.1, -0.05) is 28.9 Å². The van der Waals surface area contributed by atoms with Gasteiger partial charge in [-0.3, -0.25) is 0 Å². The third-order valence-electron chi connectivity index (χ3n) is 3.57. The first kappa shape index (κ1) is 14.8. The lowest BCUT2D eigenvalue weighted by molar-refractivity contribution is 0.0440. The van der Waals surface area contributed by atoms with Crippen LogP contribution >= 0.6 is 15.9 Å². The Morgan fingerprint density at radius 3 is 3.05 bits per heavy atom. The number of nitrogens with two attached hydrogens (primary N) is 1.